The number of likely N-dealkylation sites (N-methyl/N-ethyl adjacent to an activating group) is 1. The van der Waals surface area contributed by atoms with E-state index in [0.717, 1.165) is 16.9 Å². The van der Waals surface area contributed by atoms with E-state index in [9.17, 15) is 13.2 Å². The summed E-state index contributed by atoms with van der Waals surface area (Å²) < 4.78 is 26.2. The van der Waals surface area contributed by atoms with Crippen LogP contribution in [0.15, 0.2) is 24.3 Å². The molecule has 0 aliphatic rings. The zero-order valence-corrected chi connectivity index (χ0v) is 15.8. The van der Waals surface area contributed by atoms with Crippen LogP contribution in [0.25, 0.3) is 0 Å². The third-order valence-electron chi connectivity index (χ3n) is 3.66. The van der Waals surface area contributed by atoms with Crippen molar-refractivity contribution in [1.29, 1.82) is 0 Å². The number of thioether (sulfide) groups is 1. The highest BCUT2D eigenvalue weighted by Gasteiger charge is 2.26. The highest BCUT2D eigenvalue weighted by molar-refractivity contribution is 7.98. The smallest absolute Gasteiger partial charge is 0.240 e. The summed E-state index contributed by atoms with van der Waals surface area (Å²) in [6, 6.07) is 7.16. The summed E-state index contributed by atoms with van der Waals surface area (Å²) in [6.45, 7) is 4.03. The van der Waals surface area contributed by atoms with Gasteiger partial charge >= 0.3 is 0 Å². The Morgan fingerprint density at radius 1 is 1.35 bits per heavy atom. The summed E-state index contributed by atoms with van der Waals surface area (Å²) in [5, 5.41) is 0. The quantitative estimate of drug-likeness (QED) is 0.733. The van der Waals surface area contributed by atoms with Crippen molar-refractivity contribution in [3.8, 4) is 0 Å². The van der Waals surface area contributed by atoms with Crippen molar-refractivity contribution in [2.45, 2.75) is 32.9 Å². The summed E-state index contributed by atoms with van der Waals surface area (Å²) in [6.07, 6.45) is 2.42. The lowest BCUT2D eigenvalue weighted by Gasteiger charge is -2.25. The van der Waals surface area contributed by atoms with E-state index in [2.05, 4.69) is 4.72 Å². The van der Waals surface area contributed by atoms with E-state index in [1.54, 1.807) is 30.6 Å². The van der Waals surface area contributed by atoms with Crippen LogP contribution in [0.1, 0.15) is 24.5 Å². The first-order valence-corrected chi connectivity index (χ1v) is 10.6. The lowest BCUT2D eigenvalue weighted by Crippen LogP contribution is -2.47. The van der Waals surface area contributed by atoms with Gasteiger partial charge in [-0.15, -0.1) is 0 Å². The van der Waals surface area contributed by atoms with Gasteiger partial charge in [-0.1, -0.05) is 24.3 Å². The molecule has 1 atom stereocenters. The van der Waals surface area contributed by atoms with E-state index in [4.69, 9.17) is 0 Å². The lowest BCUT2D eigenvalue weighted by atomic mass is 10.1. The van der Waals surface area contributed by atoms with Gasteiger partial charge in [-0.25, -0.2) is 13.1 Å². The number of benzene rings is 1. The lowest BCUT2D eigenvalue weighted by molar-refractivity contribution is -0.132. The van der Waals surface area contributed by atoms with Crippen molar-refractivity contribution in [2.75, 3.05) is 24.8 Å². The van der Waals surface area contributed by atoms with Crippen LogP contribution >= 0.6 is 11.8 Å². The van der Waals surface area contributed by atoms with Crippen molar-refractivity contribution in [1.82, 2.24) is 9.62 Å². The molecular formula is C16H26N2O3S2. The summed E-state index contributed by atoms with van der Waals surface area (Å²) in [5.74, 6) is 0.498. The van der Waals surface area contributed by atoms with Gasteiger partial charge in [0.1, 0.15) is 6.04 Å². The van der Waals surface area contributed by atoms with E-state index in [-0.39, 0.29) is 11.7 Å². The zero-order chi connectivity index (χ0) is 17.5. The average Bonchev–Trinajstić information content (AvgIpc) is 2.52. The SMILES string of the molecule is CCS(=O)(=O)NC(CCSC)C(=O)N(C)Cc1ccccc1C. The van der Waals surface area contributed by atoms with Crippen LogP contribution in [0.2, 0.25) is 0 Å². The molecule has 1 unspecified atom stereocenters. The second-order valence-electron chi connectivity index (χ2n) is 5.48. The number of sulfonamides is 1. The Kier molecular flexibility index (Phi) is 8.08. The molecule has 0 aliphatic carbocycles. The van der Waals surface area contributed by atoms with Gasteiger partial charge in [0, 0.05) is 13.6 Å². The van der Waals surface area contributed by atoms with E-state index in [1.807, 2.05) is 37.4 Å². The molecule has 1 amide bonds. The number of amides is 1. The first kappa shape index (κ1) is 20.0. The number of carbonyl (C=O) groups is 1. The fourth-order valence-electron chi connectivity index (χ4n) is 2.16. The Morgan fingerprint density at radius 2 is 2.00 bits per heavy atom. The molecular weight excluding hydrogens is 332 g/mol. The van der Waals surface area contributed by atoms with Gasteiger partial charge in [-0.2, -0.15) is 11.8 Å². The van der Waals surface area contributed by atoms with E-state index in [0.29, 0.717) is 13.0 Å². The van der Waals surface area contributed by atoms with E-state index < -0.39 is 16.1 Å². The molecule has 0 aliphatic heterocycles. The van der Waals surface area contributed by atoms with Crippen molar-refractivity contribution in [3.63, 3.8) is 0 Å². The van der Waals surface area contributed by atoms with Crippen molar-refractivity contribution in [3.05, 3.63) is 35.4 Å². The molecule has 1 N–H and O–H groups in total. The summed E-state index contributed by atoms with van der Waals surface area (Å²) in [7, 11) is -1.71. The molecule has 0 saturated carbocycles. The highest BCUT2D eigenvalue weighted by atomic mass is 32.2. The minimum absolute atomic E-state index is 0.0302. The Labute approximate surface area is 143 Å². The maximum Gasteiger partial charge on any atom is 0.240 e. The molecule has 1 aromatic carbocycles. The van der Waals surface area contributed by atoms with Gasteiger partial charge in [0.25, 0.3) is 0 Å². The summed E-state index contributed by atoms with van der Waals surface area (Å²) in [5.41, 5.74) is 2.17. The number of nitrogens with zero attached hydrogens (tertiary/aromatic N) is 1. The monoisotopic (exact) mass is 358 g/mol. The second kappa shape index (κ2) is 9.30. The second-order valence-corrected chi connectivity index (χ2v) is 8.50. The first-order valence-electron chi connectivity index (χ1n) is 7.59. The molecule has 23 heavy (non-hydrogen) atoms. The number of nitrogens with one attached hydrogen (secondary N) is 1. The summed E-state index contributed by atoms with van der Waals surface area (Å²) >= 11 is 1.59. The Hall–Kier alpha value is -1.05. The first-order chi connectivity index (χ1) is 10.8. The molecule has 0 aromatic heterocycles. The topological polar surface area (TPSA) is 66.5 Å². The van der Waals surface area contributed by atoms with Crippen LogP contribution in [0, 0.1) is 6.92 Å². The normalized spacial score (nSPS) is 12.9. The number of hydrogen-bond acceptors (Lipinski definition) is 4. The molecule has 0 fully saturated rings. The molecule has 1 aromatic rings. The maximum atomic E-state index is 12.6. The Bertz CT molecular complexity index is 618. The van der Waals surface area contributed by atoms with Crippen molar-refractivity contribution >= 4 is 27.7 Å². The highest BCUT2D eigenvalue weighted by Crippen LogP contribution is 2.12. The van der Waals surface area contributed by atoms with Crippen molar-refractivity contribution in [2.24, 2.45) is 0 Å². The number of carbonyl (C=O) groups excluding carboxylic acids is 1. The van der Waals surface area contributed by atoms with Gasteiger partial charge in [-0.3, -0.25) is 4.79 Å². The Morgan fingerprint density at radius 3 is 2.57 bits per heavy atom. The van der Waals surface area contributed by atoms with E-state index >= 15 is 0 Å². The zero-order valence-electron chi connectivity index (χ0n) is 14.2. The third-order valence-corrected chi connectivity index (χ3v) is 5.70. The fraction of sp³-hybridized carbons (Fsp3) is 0.562. The van der Waals surface area contributed by atoms with E-state index in [1.165, 1.54) is 0 Å². The van der Waals surface area contributed by atoms with Crippen LogP contribution < -0.4 is 4.72 Å². The van der Waals surface area contributed by atoms with Gasteiger partial charge in [0.15, 0.2) is 0 Å². The molecule has 0 radical (unpaired) electrons. The van der Waals surface area contributed by atoms with Gasteiger partial charge in [-0.05, 0) is 43.4 Å². The number of hydrogen-bond donors (Lipinski definition) is 1. The molecule has 5 nitrogen and oxygen atoms in total. The van der Waals surface area contributed by atoms with Crippen LogP contribution in [0.3, 0.4) is 0 Å². The summed E-state index contributed by atoms with van der Waals surface area (Å²) in [4.78, 5) is 14.2. The largest absolute Gasteiger partial charge is 0.340 e. The average molecular weight is 359 g/mol. The standard InChI is InChI=1S/C16H26N2O3S2/c1-5-23(20,21)17-15(10-11-22-4)16(19)18(3)12-14-9-7-6-8-13(14)2/h6-9,15,17H,5,10-12H2,1-4H3. The van der Waals surface area contributed by atoms with Crippen LogP contribution in [-0.4, -0.2) is 50.1 Å². The number of aryl methyl sites for hydroxylation is 1. The minimum Gasteiger partial charge on any atom is -0.340 e. The van der Waals surface area contributed by atoms with Gasteiger partial charge in [0.2, 0.25) is 15.9 Å². The molecule has 0 heterocycles. The van der Waals surface area contributed by atoms with Crippen molar-refractivity contribution < 1.29 is 13.2 Å². The predicted octanol–water partition coefficient (Wildman–Crippen LogP) is 2.01. The van der Waals surface area contributed by atoms with Crippen LogP contribution in [-0.2, 0) is 21.4 Å². The molecule has 7 heteroatoms. The molecule has 1 rings (SSSR count). The minimum atomic E-state index is -3.42. The molecule has 0 bridgehead atoms. The maximum absolute atomic E-state index is 12.6. The van der Waals surface area contributed by atoms with Gasteiger partial charge < -0.3 is 4.90 Å². The molecule has 0 spiro atoms. The Balaban J connectivity index is 2.84. The number of rotatable bonds is 9. The van der Waals surface area contributed by atoms with Crippen LogP contribution in [0.4, 0.5) is 0 Å². The predicted molar refractivity (Wildman–Crippen MR) is 97.0 cm³/mol. The fourth-order valence-corrected chi connectivity index (χ4v) is 3.45. The van der Waals surface area contributed by atoms with Gasteiger partial charge in [0.05, 0.1) is 5.75 Å². The third kappa shape index (κ3) is 6.53. The molecule has 130 valence electrons. The van der Waals surface area contributed by atoms with Crippen LogP contribution in [0.5, 0.6) is 0 Å². The molecule has 0 saturated heterocycles.